The monoisotopic (exact) mass is 356 g/mol. The lowest BCUT2D eigenvalue weighted by molar-refractivity contribution is -0.118. The topological polar surface area (TPSA) is 26.3 Å². The van der Waals surface area contributed by atoms with Crippen molar-refractivity contribution in [3.05, 3.63) is 53.1 Å². The number of carbonyl (C=O) groups is 1. The van der Waals surface area contributed by atoms with Crippen LogP contribution in [0, 0.1) is 11.8 Å². The zero-order chi connectivity index (χ0) is 18.0. The van der Waals surface area contributed by atoms with Crippen molar-refractivity contribution in [2.75, 3.05) is 0 Å². The molecule has 0 N–H and O–H groups in total. The van der Waals surface area contributed by atoms with Crippen molar-refractivity contribution < 1.29 is 9.53 Å². The van der Waals surface area contributed by atoms with Crippen LogP contribution < -0.4 is 4.74 Å². The molecule has 0 aromatic heterocycles. The molecule has 2 aromatic rings. The van der Waals surface area contributed by atoms with Crippen LogP contribution >= 0.6 is 11.6 Å². The van der Waals surface area contributed by atoms with Gasteiger partial charge in [-0.1, -0.05) is 35.9 Å². The highest BCUT2D eigenvalue weighted by Crippen LogP contribution is 2.42. The van der Waals surface area contributed by atoms with Gasteiger partial charge in [0.1, 0.15) is 11.5 Å². The van der Waals surface area contributed by atoms with Crippen molar-refractivity contribution in [3.8, 4) is 16.9 Å². The van der Waals surface area contributed by atoms with Gasteiger partial charge < -0.3 is 4.74 Å². The Morgan fingerprint density at radius 1 is 1.20 bits per heavy atom. The van der Waals surface area contributed by atoms with Crippen LogP contribution in [-0.2, 0) is 11.2 Å². The average molecular weight is 357 g/mol. The van der Waals surface area contributed by atoms with E-state index in [1.165, 1.54) is 5.56 Å². The van der Waals surface area contributed by atoms with Gasteiger partial charge in [-0.15, -0.1) is 0 Å². The van der Waals surface area contributed by atoms with E-state index in [2.05, 4.69) is 24.3 Å². The normalized spacial score (nSPS) is 19.1. The van der Waals surface area contributed by atoms with Crippen molar-refractivity contribution in [2.24, 2.45) is 11.8 Å². The van der Waals surface area contributed by atoms with E-state index in [1.54, 1.807) is 6.92 Å². The molecule has 0 amide bonds. The highest BCUT2D eigenvalue weighted by Gasteiger charge is 2.39. The molecule has 2 nitrogen and oxygen atoms in total. The summed E-state index contributed by atoms with van der Waals surface area (Å²) >= 11 is 6.38. The Labute approximate surface area is 155 Å². The summed E-state index contributed by atoms with van der Waals surface area (Å²) in [5.74, 6) is 2.10. The molecular formula is C22H25ClO2. The summed E-state index contributed by atoms with van der Waals surface area (Å²) in [6.45, 7) is 5.74. The summed E-state index contributed by atoms with van der Waals surface area (Å²) < 4.78 is 5.77. The second-order valence-electron chi connectivity index (χ2n) is 7.26. The first kappa shape index (κ1) is 18.0. The minimum Gasteiger partial charge on any atom is -0.491 e. The average Bonchev–Trinajstić information content (AvgIpc) is 3.35. The molecule has 0 spiro atoms. The molecule has 2 unspecified atom stereocenters. The van der Waals surface area contributed by atoms with Crippen molar-refractivity contribution in [1.82, 2.24) is 0 Å². The van der Waals surface area contributed by atoms with Gasteiger partial charge in [-0.2, -0.15) is 0 Å². The summed E-state index contributed by atoms with van der Waals surface area (Å²) in [7, 11) is 0. The minimum absolute atomic E-state index is 0.137. The number of hydrogen-bond acceptors (Lipinski definition) is 2. The molecule has 1 fully saturated rings. The third kappa shape index (κ3) is 4.64. The van der Waals surface area contributed by atoms with Crippen LogP contribution in [0.1, 0.15) is 39.2 Å². The number of aryl methyl sites for hydroxylation is 1. The van der Waals surface area contributed by atoms with Gasteiger partial charge in [0.05, 0.1) is 6.10 Å². The first-order valence-corrected chi connectivity index (χ1v) is 9.38. The van der Waals surface area contributed by atoms with Gasteiger partial charge in [0.15, 0.2) is 0 Å². The van der Waals surface area contributed by atoms with E-state index in [4.69, 9.17) is 16.3 Å². The fraction of sp³-hybridized carbons (Fsp3) is 0.409. The van der Waals surface area contributed by atoms with Gasteiger partial charge in [0, 0.05) is 16.5 Å². The molecule has 0 saturated heterocycles. The molecule has 25 heavy (non-hydrogen) atoms. The van der Waals surface area contributed by atoms with Crippen LogP contribution in [0.5, 0.6) is 5.75 Å². The second kappa shape index (κ2) is 7.61. The van der Waals surface area contributed by atoms with Gasteiger partial charge in [0.25, 0.3) is 0 Å². The molecule has 0 aliphatic heterocycles. The molecule has 1 aliphatic rings. The van der Waals surface area contributed by atoms with E-state index in [9.17, 15) is 4.79 Å². The second-order valence-corrected chi connectivity index (χ2v) is 7.66. The molecule has 0 heterocycles. The van der Waals surface area contributed by atoms with Crippen LogP contribution in [0.15, 0.2) is 42.5 Å². The predicted molar refractivity (Wildman–Crippen MR) is 103 cm³/mol. The first-order chi connectivity index (χ1) is 11.9. The van der Waals surface area contributed by atoms with Crippen LogP contribution in [0.25, 0.3) is 11.1 Å². The summed E-state index contributed by atoms with van der Waals surface area (Å²) in [6, 6.07) is 14.3. The quantitative estimate of drug-likeness (QED) is 0.612. The molecule has 2 atom stereocenters. The van der Waals surface area contributed by atoms with E-state index < -0.39 is 0 Å². The molecule has 2 aromatic carbocycles. The Bertz CT molecular complexity index is 749. The maximum absolute atomic E-state index is 11.3. The fourth-order valence-corrected chi connectivity index (χ4v) is 3.57. The lowest BCUT2D eigenvalue weighted by Gasteiger charge is -2.12. The van der Waals surface area contributed by atoms with Gasteiger partial charge >= 0.3 is 0 Å². The number of benzene rings is 2. The lowest BCUT2D eigenvalue weighted by Crippen LogP contribution is -2.05. The minimum atomic E-state index is 0.137. The van der Waals surface area contributed by atoms with E-state index in [0.717, 1.165) is 41.2 Å². The number of carbonyl (C=O) groups excluding carboxylic acids is 1. The predicted octanol–water partition coefficient (Wildman–Crippen LogP) is 5.95. The molecule has 3 rings (SSSR count). The van der Waals surface area contributed by atoms with Crippen LogP contribution in [-0.4, -0.2) is 11.9 Å². The SMILES string of the molecule is CC(=O)C1CC1CCc1ccc(-c2cc(OC(C)C)ccc2Cl)cc1. The van der Waals surface area contributed by atoms with Gasteiger partial charge in [-0.3, -0.25) is 4.79 Å². The third-order valence-corrected chi connectivity index (χ3v) is 5.15. The van der Waals surface area contributed by atoms with Gasteiger partial charge in [-0.05, 0) is 75.3 Å². The van der Waals surface area contributed by atoms with Gasteiger partial charge in [-0.25, -0.2) is 0 Å². The molecule has 1 aliphatic carbocycles. The maximum Gasteiger partial charge on any atom is 0.133 e. The maximum atomic E-state index is 11.3. The summed E-state index contributed by atoms with van der Waals surface area (Å²) in [5, 5.41) is 0.728. The van der Waals surface area contributed by atoms with Crippen molar-refractivity contribution in [2.45, 2.75) is 46.1 Å². The lowest BCUT2D eigenvalue weighted by atomic mass is 10.0. The molecular weight excluding hydrogens is 332 g/mol. The standard InChI is InChI=1S/C22H25ClO2/c1-14(2)25-19-10-11-22(23)21(13-19)17-7-4-16(5-8-17)6-9-18-12-20(18)15(3)24/h4-5,7-8,10-11,13-14,18,20H,6,9,12H2,1-3H3. The van der Waals surface area contributed by atoms with Crippen molar-refractivity contribution in [3.63, 3.8) is 0 Å². The van der Waals surface area contributed by atoms with Crippen LogP contribution in [0.3, 0.4) is 0 Å². The molecule has 1 saturated carbocycles. The summed E-state index contributed by atoms with van der Waals surface area (Å²) in [6.07, 6.45) is 3.34. The molecule has 132 valence electrons. The number of hydrogen-bond donors (Lipinski definition) is 0. The highest BCUT2D eigenvalue weighted by molar-refractivity contribution is 6.33. The Balaban J connectivity index is 1.67. The molecule has 3 heteroatoms. The van der Waals surface area contributed by atoms with E-state index in [0.29, 0.717) is 17.6 Å². The Kier molecular flexibility index (Phi) is 5.48. The number of rotatable bonds is 7. The van der Waals surface area contributed by atoms with Crippen LogP contribution in [0.4, 0.5) is 0 Å². The Hall–Kier alpha value is -1.80. The van der Waals surface area contributed by atoms with E-state index in [-0.39, 0.29) is 6.10 Å². The zero-order valence-electron chi connectivity index (χ0n) is 15.1. The molecule has 0 radical (unpaired) electrons. The van der Waals surface area contributed by atoms with E-state index >= 15 is 0 Å². The number of ether oxygens (including phenoxy) is 1. The largest absolute Gasteiger partial charge is 0.491 e. The van der Waals surface area contributed by atoms with Gasteiger partial charge in [0.2, 0.25) is 0 Å². The zero-order valence-corrected chi connectivity index (χ0v) is 15.8. The highest BCUT2D eigenvalue weighted by atomic mass is 35.5. The summed E-state index contributed by atoms with van der Waals surface area (Å²) in [5.41, 5.74) is 3.39. The number of ketones is 1. The van der Waals surface area contributed by atoms with Crippen molar-refractivity contribution >= 4 is 17.4 Å². The van der Waals surface area contributed by atoms with Crippen molar-refractivity contribution in [1.29, 1.82) is 0 Å². The third-order valence-electron chi connectivity index (χ3n) is 4.82. The Morgan fingerprint density at radius 2 is 1.92 bits per heavy atom. The number of Topliss-reactive ketones (excluding diaryl/α,β-unsaturated/α-hetero) is 1. The molecule has 0 bridgehead atoms. The number of halogens is 1. The van der Waals surface area contributed by atoms with E-state index in [1.807, 2.05) is 32.0 Å². The fourth-order valence-electron chi connectivity index (χ4n) is 3.34. The Morgan fingerprint density at radius 3 is 2.52 bits per heavy atom. The first-order valence-electron chi connectivity index (χ1n) is 9.00. The van der Waals surface area contributed by atoms with Crippen LogP contribution in [0.2, 0.25) is 5.02 Å². The summed E-state index contributed by atoms with van der Waals surface area (Å²) in [4.78, 5) is 11.3. The smallest absolute Gasteiger partial charge is 0.133 e.